The molecule has 0 unspecified atom stereocenters. The van der Waals surface area contributed by atoms with Crippen LogP contribution in [0.15, 0.2) is 59.8 Å². The average molecular weight is 471 g/mol. The first-order valence-electron chi connectivity index (χ1n) is 11.6. The van der Waals surface area contributed by atoms with Gasteiger partial charge in [0.05, 0.1) is 10.9 Å². The van der Waals surface area contributed by atoms with E-state index in [0.29, 0.717) is 29.2 Å². The summed E-state index contributed by atoms with van der Waals surface area (Å²) in [6, 6.07) is 17.4. The SMILES string of the molecule is COCCCn1c2ccc(C(=O)c3ccccc3C)cc2c2c3c(ccc21)/C(=N/OC(C)=O)CO3. The summed E-state index contributed by atoms with van der Waals surface area (Å²) in [4.78, 5) is 29.5. The third kappa shape index (κ3) is 4.08. The maximum Gasteiger partial charge on any atom is 0.331 e. The standard InChI is InChI=1S/C28H26N2O5/c1-17-7-4-5-8-20(17)27(32)19-9-11-24-22(15-19)26-25(30(24)13-6-14-33-3)12-10-21-23(16-34-28(21)26)29-35-18(2)31/h4-5,7-12,15H,6,13-14,16H2,1-3H3/b29-23+. The summed E-state index contributed by atoms with van der Waals surface area (Å²) in [7, 11) is 1.69. The number of hydrogen-bond acceptors (Lipinski definition) is 6. The summed E-state index contributed by atoms with van der Waals surface area (Å²) < 4.78 is 13.6. The van der Waals surface area contributed by atoms with Gasteiger partial charge in [0.1, 0.15) is 18.1 Å². The first-order valence-corrected chi connectivity index (χ1v) is 11.6. The molecule has 0 N–H and O–H groups in total. The van der Waals surface area contributed by atoms with Gasteiger partial charge >= 0.3 is 5.97 Å². The first kappa shape index (κ1) is 22.8. The van der Waals surface area contributed by atoms with Crippen molar-refractivity contribution in [3.05, 3.63) is 76.9 Å². The van der Waals surface area contributed by atoms with E-state index >= 15 is 0 Å². The Morgan fingerprint density at radius 3 is 2.66 bits per heavy atom. The lowest BCUT2D eigenvalue weighted by Crippen LogP contribution is -2.05. The molecule has 1 aromatic heterocycles. The molecule has 178 valence electrons. The minimum Gasteiger partial charge on any atom is -0.486 e. The second-order valence-electron chi connectivity index (χ2n) is 8.62. The molecule has 4 aromatic rings. The lowest BCUT2D eigenvalue weighted by atomic mass is 9.97. The molecule has 35 heavy (non-hydrogen) atoms. The molecule has 0 aliphatic carbocycles. The summed E-state index contributed by atoms with van der Waals surface area (Å²) in [5, 5.41) is 5.83. The van der Waals surface area contributed by atoms with Crippen molar-refractivity contribution in [1.82, 2.24) is 4.57 Å². The van der Waals surface area contributed by atoms with Gasteiger partial charge in [0.15, 0.2) is 5.78 Å². The molecule has 0 amide bonds. The Morgan fingerprint density at radius 2 is 1.89 bits per heavy atom. The van der Waals surface area contributed by atoms with E-state index in [0.717, 1.165) is 45.9 Å². The minimum absolute atomic E-state index is 0.0177. The minimum atomic E-state index is -0.485. The van der Waals surface area contributed by atoms with Crippen LogP contribution in [0.5, 0.6) is 5.75 Å². The predicted octanol–water partition coefficient (Wildman–Crippen LogP) is 5.03. The number of methoxy groups -OCH3 is 1. The van der Waals surface area contributed by atoms with E-state index in [-0.39, 0.29) is 12.4 Å². The molecule has 1 aliphatic heterocycles. The van der Waals surface area contributed by atoms with Crippen molar-refractivity contribution < 1.29 is 23.9 Å². The second-order valence-corrected chi connectivity index (χ2v) is 8.62. The summed E-state index contributed by atoms with van der Waals surface area (Å²) in [5.74, 6) is 0.182. The molecule has 0 spiro atoms. The molecule has 0 bridgehead atoms. The largest absolute Gasteiger partial charge is 0.486 e. The molecule has 2 heterocycles. The molecule has 0 atom stereocenters. The average Bonchev–Trinajstić information content (AvgIpc) is 3.41. The van der Waals surface area contributed by atoms with Crippen molar-refractivity contribution in [2.24, 2.45) is 5.16 Å². The van der Waals surface area contributed by atoms with Crippen molar-refractivity contribution in [2.45, 2.75) is 26.8 Å². The number of benzene rings is 3. The highest BCUT2D eigenvalue weighted by molar-refractivity contribution is 6.20. The summed E-state index contributed by atoms with van der Waals surface area (Å²) in [6.45, 7) is 4.86. The highest BCUT2D eigenvalue weighted by atomic mass is 16.7. The molecular weight excluding hydrogens is 444 g/mol. The Labute approximate surface area is 202 Å². The van der Waals surface area contributed by atoms with Crippen LogP contribution in [0.2, 0.25) is 0 Å². The third-order valence-corrected chi connectivity index (χ3v) is 6.31. The Hall–Kier alpha value is -3.97. The zero-order valence-corrected chi connectivity index (χ0v) is 20.0. The smallest absolute Gasteiger partial charge is 0.331 e. The molecular formula is C28H26N2O5. The van der Waals surface area contributed by atoms with Gasteiger partial charge in [-0.2, -0.15) is 0 Å². The lowest BCUT2D eigenvalue weighted by Gasteiger charge is -2.08. The van der Waals surface area contributed by atoms with E-state index in [1.54, 1.807) is 7.11 Å². The molecule has 7 nitrogen and oxygen atoms in total. The van der Waals surface area contributed by atoms with Crippen LogP contribution in [0.25, 0.3) is 21.8 Å². The van der Waals surface area contributed by atoms with E-state index in [2.05, 4.69) is 9.72 Å². The number of hydrogen-bond donors (Lipinski definition) is 0. The van der Waals surface area contributed by atoms with Gasteiger partial charge in [0, 0.05) is 54.8 Å². The molecule has 0 fully saturated rings. The van der Waals surface area contributed by atoms with E-state index in [9.17, 15) is 9.59 Å². The van der Waals surface area contributed by atoms with Crippen LogP contribution >= 0.6 is 0 Å². The summed E-state index contributed by atoms with van der Waals surface area (Å²) >= 11 is 0. The van der Waals surface area contributed by atoms with Gasteiger partial charge in [-0.3, -0.25) is 4.79 Å². The Bertz CT molecular complexity index is 1500. The maximum atomic E-state index is 13.4. The van der Waals surface area contributed by atoms with Gasteiger partial charge in [-0.05, 0) is 49.2 Å². The fraction of sp³-hybridized carbons (Fsp3) is 0.250. The normalized spacial score (nSPS) is 13.9. The number of fused-ring (bicyclic) bond motifs is 5. The highest BCUT2D eigenvalue weighted by Gasteiger charge is 2.27. The Kier molecular flexibility index (Phi) is 6.09. The molecule has 0 saturated carbocycles. The van der Waals surface area contributed by atoms with Gasteiger partial charge in [0.25, 0.3) is 0 Å². The van der Waals surface area contributed by atoms with Crippen LogP contribution < -0.4 is 4.74 Å². The number of rotatable bonds is 7. The second kappa shape index (κ2) is 9.35. The van der Waals surface area contributed by atoms with Crippen LogP contribution in [0.1, 0.15) is 40.4 Å². The fourth-order valence-corrected chi connectivity index (χ4v) is 4.68. The van der Waals surface area contributed by atoms with Crippen LogP contribution in [0, 0.1) is 6.92 Å². The maximum absolute atomic E-state index is 13.4. The van der Waals surface area contributed by atoms with E-state index in [4.69, 9.17) is 14.3 Å². The van der Waals surface area contributed by atoms with E-state index in [1.807, 2.05) is 61.5 Å². The van der Waals surface area contributed by atoms with Gasteiger partial charge in [-0.15, -0.1) is 0 Å². The van der Waals surface area contributed by atoms with Crippen molar-refractivity contribution in [2.75, 3.05) is 20.3 Å². The van der Waals surface area contributed by atoms with E-state index in [1.165, 1.54) is 6.92 Å². The van der Waals surface area contributed by atoms with Gasteiger partial charge in [0.2, 0.25) is 0 Å². The van der Waals surface area contributed by atoms with Crippen LogP contribution in [-0.4, -0.2) is 42.4 Å². The quantitative estimate of drug-likeness (QED) is 0.164. The topological polar surface area (TPSA) is 79.1 Å². The van der Waals surface area contributed by atoms with Crippen LogP contribution in [0.3, 0.4) is 0 Å². The van der Waals surface area contributed by atoms with Gasteiger partial charge in [-0.25, -0.2) is 4.79 Å². The molecule has 3 aromatic carbocycles. The van der Waals surface area contributed by atoms with Crippen molar-refractivity contribution in [1.29, 1.82) is 0 Å². The number of aryl methyl sites for hydroxylation is 2. The highest BCUT2D eigenvalue weighted by Crippen LogP contribution is 2.41. The number of ketones is 1. The summed E-state index contributed by atoms with van der Waals surface area (Å²) in [5.41, 5.74) is 5.61. The molecule has 0 saturated heterocycles. The lowest BCUT2D eigenvalue weighted by molar-refractivity contribution is -0.140. The summed E-state index contributed by atoms with van der Waals surface area (Å²) in [6.07, 6.45) is 0.844. The fourth-order valence-electron chi connectivity index (χ4n) is 4.68. The van der Waals surface area contributed by atoms with Crippen LogP contribution in [-0.2, 0) is 20.9 Å². The number of aromatic nitrogens is 1. The number of carbonyl (C=O) groups excluding carboxylic acids is 2. The van der Waals surface area contributed by atoms with Gasteiger partial charge < -0.3 is 18.9 Å². The van der Waals surface area contributed by atoms with Crippen molar-refractivity contribution in [3.63, 3.8) is 0 Å². The van der Waals surface area contributed by atoms with Gasteiger partial charge in [-0.1, -0.05) is 29.4 Å². The zero-order valence-electron chi connectivity index (χ0n) is 20.0. The molecule has 5 rings (SSSR count). The number of oxime groups is 1. The third-order valence-electron chi connectivity index (χ3n) is 6.31. The number of ether oxygens (including phenoxy) is 2. The number of carbonyl (C=O) groups is 2. The molecule has 1 aliphatic rings. The molecule has 7 heteroatoms. The Balaban J connectivity index is 1.70. The van der Waals surface area contributed by atoms with E-state index < -0.39 is 5.97 Å². The van der Waals surface area contributed by atoms with Crippen molar-refractivity contribution in [3.8, 4) is 5.75 Å². The predicted molar refractivity (Wildman–Crippen MR) is 134 cm³/mol. The molecule has 0 radical (unpaired) electrons. The Morgan fingerprint density at radius 1 is 1.09 bits per heavy atom. The zero-order chi connectivity index (χ0) is 24.5. The monoisotopic (exact) mass is 470 g/mol. The number of nitrogens with zero attached hydrogens (tertiary/aromatic N) is 2. The first-order chi connectivity index (χ1) is 17.0. The van der Waals surface area contributed by atoms with Crippen molar-refractivity contribution >= 4 is 39.3 Å². The van der Waals surface area contributed by atoms with Crippen LogP contribution in [0.4, 0.5) is 0 Å².